The van der Waals surface area contributed by atoms with Gasteiger partial charge in [-0.05, 0) is 49.4 Å². The molecule has 9 nitrogen and oxygen atoms in total. The minimum atomic E-state index is -2.22. The van der Waals surface area contributed by atoms with Crippen LogP contribution in [-0.4, -0.2) is 40.2 Å². The third-order valence-corrected chi connectivity index (χ3v) is 6.50. The van der Waals surface area contributed by atoms with E-state index in [2.05, 4.69) is 20.0 Å². The van der Waals surface area contributed by atoms with E-state index in [0.29, 0.717) is 18.3 Å². The molecule has 1 unspecified atom stereocenters. The Morgan fingerprint density at radius 3 is 2.62 bits per heavy atom. The fraction of sp³-hybridized carbons (Fsp3) is 0.292. The van der Waals surface area contributed by atoms with Crippen LogP contribution in [0.4, 0.5) is 5.95 Å². The van der Waals surface area contributed by atoms with E-state index < -0.39 is 11.3 Å². The smallest absolute Gasteiger partial charge is 0.223 e. The lowest BCUT2D eigenvalue weighted by Crippen LogP contribution is -2.37. The van der Waals surface area contributed by atoms with Crippen LogP contribution in [0.2, 0.25) is 0 Å². The highest BCUT2D eigenvalue weighted by molar-refractivity contribution is 7.77. The van der Waals surface area contributed by atoms with E-state index >= 15 is 0 Å². The van der Waals surface area contributed by atoms with Gasteiger partial charge >= 0.3 is 0 Å². The van der Waals surface area contributed by atoms with Gasteiger partial charge in [0.1, 0.15) is 6.61 Å². The van der Waals surface area contributed by atoms with Crippen LogP contribution < -0.4 is 14.8 Å². The second kappa shape index (κ2) is 10.3. The third-order valence-electron chi connectivity index (χ3n) is 5.98. The molecular formula is C24H25N6O3S-. The van der Waals surface area contributed by atoms with Gasteiger partial charge in [-0.3, -0.25) is 8.61 Å². The quantitative estimate of drug-likeness (QED) is 0.373. The molecule has 34 heavy (non-hydrogen) atoms. The number of pyridine rings is 1. The Bertz CT molecular complexity index is 1270. The average Bonchev–Trinajstić information content (AvgIpc) is 3.29. The van der Waals surface area contributed by atoms with Gasteiger partial charge < -0.3 is 14.6 Å². The molecule has 0 aliphatic heterocycles. The van der Waals surface area contributed by atoms with Gasteiger partial charge in [-0.15, -0.1) is 0 Å². The maximum Gasteiger partial charge on any atom is 0.223 e. The molecule has 1 saturated carbocycles. The minimum absolute atomic E-state index is 0.0000918. The number of aromatic nitrogens is 4. The lowest BCUT2D eigenvalue weighted by molar-refractivity contribution is 0.308. The Morgan fingerprint density at radius 2 is 1.82 bits per heavy atom. The summed E-state index contributed by atoms with van der Waals surface area (Å²) in [5, 5.41) is 3.40. The molecule has 1 aromatic carbocycles. The van der Waals surface area contributed by atoms with Crippen molar-refractivity contribution < 1.29 is 13.5 Å². The number of nitrogens with one attached hydrogen (secondary N) is 2. The first kappa shape index (κ1) is 22.5. The summed E-state index contributed by atoms with van der Waals surface area (Å²) in [6.45, 7) is 0.465. The second-order valence-corrected chi connectivity index (χ2v) is 9.00. The third kappa shape index (κ3) is 5.24. The number of hydrogen-bond acceptors (Lipinski definition) is 7. The molecule has 3 heterocycles. The van der Waals surface area contributed by atoms with Crippen molar-refractivity contribution in [2.45, 2.75) is 44.4 Å². The number of hydrogen-bond donors (Lipinski definition) is 2. The number of imidazole rings is 1. The molecular weight excluding hydrogens is 452 g/mol. The topological polar surface area (TPSA) is 116 Å². The van der Waals surface area contributed by atoms with Gasteiger partial charge in [-0.25, -0.2) is 19.7 Å². The molecule has 0 saturated heterocycles. The highest BCUT2D eigenvalue weighted by atomic mass is 32.2. The van der Waals surface area contributed by atoms with Crippen molar-refractivity contribution in [3.8, 4) is 17.1 Å². The van der Waals surface area contributed by atoms with Crippen LogP contribution in [0.3, 0.4) is 0 Å². The van der Waals surface area contributed by atoms with Crippen LogP contribution in [0.25, 0.3) is 17.0 Å². The van der Waals surface area contributed by atoms with Gasteiger partial charge in [0.05, 0.1) is 17.6 Å². The van der Waals surface area contributed by atoms with E-state index in [0.717, 1.165) is 48.3 Å². The molecule has 0 spiro atoms. The first-order chi connectivity index (χ1) is 16.7. The molecule has 2 N–H and O–H groups in total. The number of benzene rings is 1. The number of rotatable bonds is 8. The van der Waals surface area contributed by atoms with Crippen molar-refractivity contribution >= 4 is 22.9 Å². The molecule has 176 valence electrons. The highest BCUT2D eigenvalue weighted by Gasteiger charge is 2.22. The van der Waals surface area contributed by atoms with Crippen molar-refractivity contribution in [1.82, 2.24) is 24.1 Å². The van der Waals surface area contributed by atoms with Gasteiger partial charge in [-0.1, -0.05) is 30.3 Å². The predicted octanol–water partition coefficient (Wildman–Crippen LogP) is 3.48. The van der Waals surface area contributed by atoms with Crippen LogP contribution in [0, 0.1) is 0 Å². The Balaban J connectivity index is 1.30. The summed E-state index contributed by atoms with van der Waals surface area (Å²) in [7, 11) is 0. The monoisotopic (exact) mass is 477 g/mol. The Hall–Kier alpha value is -3.34. The van der Waals surface area contributed by atoms with Crippen LogP contribution in [0.5, 0.6) is 5.75 Å². The lowest BCUT2D eigenvalue weighted by Gasteiger charge is -2.30. The molecule has 1 aliphatic rings. The van der Waals surface area contributed by atoms with Crippen molar-refractivity contribution in [2.24, 2.45) is 0 Å². The summed E-state index contributed by atoms with van der Waals surface area (Å²) >= 11 is -2.22. The maximum absolute atomic E-state index is 10.8. The predicted molar refractivity (Wildman–Crippen MR) is 129 cm³/mol. The van der Waals surface area contributed by atoms with E-state index in [1.807, 2.05) is 59.1 Å². The molecule has 1 atom stereocenters. The summed E-state index contributed by atoms with van der Waals surface area (Å²) in [6.07, 6.45) is 8.72. The number of fused-ring (bicyclic) bond motifs is 1. The first-order valence-electron chi connectivity index (χ1n) is 11.2. The van der Waals surface area contributed by atoms with Gasteiger partial charge in [-0.2, -0.15) is 0 Å². The summed E-state index contributed by atoms with van der Waals surface area (Å²) in [6, 6.07) is 15.9. The zero-order valence-electron chi connectivity index (χ0n) is 18.5. The summed E-state index contributed by atoms with van der Waals surface area (Å²) in [5.41, 5.74) is 3.41. The lowest BCUT2D eigenvalue weighted by atomic mass is 9.92. The zero-order valence-corrected chi connectivity index (χ0v) is 19.3. The van der Waals surface area contributed by atoms with Crippen molar-refractivity contribution in [3.05, 3.63) is 72.7 Å². The fourth-order valence-corrected chi connectivity index (χ4v) is 4.78. The minimum Gasteiger partial charge on any atom is -0.760 e. The highest BCUT2D eigenvalue weighted by Crippen LogP contribution is 2.27. The van der Waals surface area contributed by atoms with E-state index in [-0.39, 0.29) is 12.1 Å². The largest absolute Gasteiger partial charge is 0.760 e. The van der Waals surface area contributed by atoms with Gasteiger partial charge in [0, 0.05) is 35.7 Å². The van der Waals surface area contributed by atoms with Crippen LogP contribution in [0.15, 0.2) is 67.1 Å². The normalized spacial score (nSPS) is 19.1. The van der Waals surface area contributed by atoms with Crippen molar-refractivity contribution in [3.63, 3.8) is 0 Å². The Morgan fingerprint density at radius 1 is 1.03 bits per heavy atom. The standard InChI is InChI=1S/C24H26N6O3S/c31-34(32)29-19-10-8-18(9-11-19)27-24-25-13-12-20(28-24)21-15-26-23-22(7-4-14-30(21)23)33-16-17-5-2-1-3-6-17/h1-7,12-15,18-19,29H,8-11,16H2,(H,31,32)(H,25,27,28)/p-1. The Kier molecular flexibility index (Phi) is 6.79. The molecule has 10 heteroatoms. The molecule has 0 radical (unpaired) electrons. The van der Waals surface area contributed by atoms with E-state index in [1.54, 1.807) is 12.4 Å². The molecule has 4 aromatic rings. The Labute approximate surface area is 200 Å². The van der Waals surface area contributed by atoms with Gasteiger partial charge in [0.2, 0.25) is 5.95 Å². The number of anilines is 1. The van der Waals surface area contributed by atoms with Crippen LogP contribution in [-0.2, 0) is 17.9 Å². The van der Waals surface area contributed by atoms with E-state index in [4.69, 9.17) is 9.72 Å². The van der Waals surface area contributed by atoms with Gasteiger partial charge in [0.15, 0.2) is 11.4 Å². The van der Waals surface area contributed by atoms with E-state index in [1.165, 1.54) is 0 Å². The molecule has 5 rings (SSSR count). The molecule has 0 bridgehead atoms. The maximum atomic E-state index is 10.8. The summed E-state index contributed by atoms with van der Waals surface area (Å²) in [5.74, 6) is 1.25. The fourth-order valence-electron chi connectivity index (χ4n) is 4.27. The first-order valence-corrected chi connectivity index (χ1v) is 12.3. The SMILES string of the molecule is O=S([O-])NC1CCC(Nc2nccc(-c3cnc4c(OCc5ccccc5)cccn34)n2)CC1. The molecule has 1 fully saturated rings. The van der Waals surface area contributed by atoms with Crippen molar-refractivity contribution in [2.75, 3.05) is 5.32 Å². The van der Waals surface area contributed by atoms with Crippen LogP contribution >= 0.6 is 0 Å². The molecule has 0 amide bonds. The summed E-state index contributed by atoms with van der Waals surface area (Å²) in [4.78, 5) is 13.7. The van der Waals surface area contributed by atoms with Crippen LogP contribution in [0.1, 0.15) is 31.2 Å². The second-order valence-electron chi connectivity index (χ2n) is 8.29. The molecule has 3 aromatic heterocycles. The molecule has 1 aliphatic carbocycles. The average molecular weight is 478 g/mol. The number of ether oxygens (including phenoxy) is 1. The summed E-state index contributed by atoms with van der Waals surface area (Å²) < 4.78 is 32.3. The number of nitrogens with zero attached hydrogens (tertiary/aromatic N) is 4. The van der Waals surface area contributed by atoms with Gasteiger partial charge in [0.25, 0.3) is 0 Å². The zero-order chi connectivity index (χ0) is 23.3. The van der Waals surface area contributed by atoms with E-state index in [9.17, 15) is 8.76 Å². The van der Waals surface area contributed by atoms with Crippen molar-refractivity contribution in [1.29, 1.82) is 0 Å².